The molecule has 0 spiro atoms. The molecule has 11 heteroatoms. The highest BCUT2D eigenvalue weighted by molar-refractivity contribution is 6.05. The average molecular weight is 480 g/mol. The van der Waals surface area contributed by atoms with Gasteiger partial charge in [-0.25, -0.2) is 9.67 Å². The zero-order chi connectivity index (χ0) is 25.2. The molecule has 0 saturated heterocycles. The third-order valence-corrected chi connectivity index (χ3v) is 4.97. The van der Waals surface area contributed by atoms with E-state index in [4.69, 9.17) is 0 Å². The summed E-state index contributed by atoms with van der Waals surface area (Å²) < 4.78 is 41.7. The van der Waals surface area contributed by atoms with Gasteiger partial charge in [0.15, 0.2) is 0 Å². The number of pyridine rings is 2. The van der Waals surface area contributed by atoms with Crippen LogP contribution in [0, 0.1) is 0 Å². The molecule has 0 bridgehead atoms. The van der Waals surface area contributed by atoms with E-state index >= 15 is 0 Å². The smallest absolute Gasteiger partial charge is 0.345 e. The minimum absolute atomic E-state index is 0.0593. The van der Waals surface area contributed by atoms with E-state index < -0.39 is 17.8 Å². The largest absolute Gasteiger partial charge is 0.433 e. The number of halogens is 3. The number of benzene rings is 1. The van der Waals surface area contributed by atoms with Crippen LogP contribution in [-0.4, -0.2) is 50.6 Å². The number of hydrogen-bond acceptors (Lipinski definition) is 5. The molecular formula is C24H19F3N6O2. The number of nitrogens with one attached hydrogen (secondary N) is 1. The second-order valence-electron chi connectivity index (χ2n) is 7.70. The van der Waals surface area contributed by atoms with E-state index in [1.807, 2.05) is 0 Å². The summed E-state index contributed by atoms with van der Waals surface area (Å²) in [6, 6.07) is 13.0. The Morgan fingerprint density at radius 1 is 0.971 bits per heavy atom. The third kappa shape index (κ3) is 5.18. The quantitative estimate of drug-likeness (QED) is 0.460. The van der Waals surface area contributed by atoms with Gasteiger partial charge in [0.1, 0.15) is 11.5 Å². The van der Waals surface area contributed by atoms with Gasteiger partial charge in [0.25, 0.3) is 11.8 Å². The molecule has 8 nitrogen and oxygen atoms in total. The zero-order valence-electron chi connectivity index (χ0n) is 18.6. The van der Waals surface area contributed by atoms with Crippen molar-refractivity contribution >= 4 is 17.6 Å². The van der Waals surface area contributed by atoms with Crippen LogP contribution in [0.1, 0.15) is 26.4 Å². The maximum absolute atomic E-state index is 13.7. The van der Waals surface area contributed by atoms with Crippen LogP contribution < -0.4 is 5.32 Å². The third-order valence-electron chi connectivity index (χ3n) is 4.97. The van der Waals surface area contributed by atoms with Gasteiger partial charge in [0.2, 0.25) is 0 Å². The highest BCUT2D eigenvalue weighted by Crippen LogP contribution is 2.34. The van der Waals surface area contributed by atoms with Crippen molar-refractivity contribution < 1.29 is 22.8 Å². The lowest BCUT2D eigenvalue weighted by atomic mass is 10.1. The number of carbonyl (C=O) groups is 2. The van der Waals surface area contributed by atoms with Gasteiger partial charge in [-0.2, -0.15) is 18.3 Å². The first-order valence-corrected chi connectivity index (χ1v) is 10.3. The summed E-state index contributed by atoms with van der Waals surface area (Å²) in [5.41, 5.74) is 0.199. The highest BCUT2D eigenvalue weighted by atomic mass is 19.4. The lowest BCUT2D eigenvalue weighted by Crippen LogP contribution is -2.22. The predicted molar refractivity (Wildman–Crippen MR) is 122 cm³/mol. The van der Waals surface area contributed by atoms with Crippen LogP contribution in [0.4, 0.5) is 19.0 Å². The zero-order valence-corrected chi connectivity index (χ0v) is 18.6. The van der Waals surface area contributed by atoms with Gasteiger partial charge in [-0.1, -0.05) is 6.07 Å². The van der Waals surface area contributed by atoms with Crippen molar-refractivity contribution in [1.82, 2.24) is 24.6 Å². The summed E-state index contributed by atoms with van der Waals surface area (Å²) in [6.45, 7) is 0. The van der Waals surface area contributed by atoms with Crippen molar-refractivity contribution in [2.45, 2.75) is 6.18 Å². The Kier molecular flexibility index (Phi) is 6.32. The van der Waals surface area contributed by atoms with Crippen LogP contribution in [0.3, 0.4) is 0 Å². The number of amides is 2. The van der Waals surface area contributed by atoms with Gasteiger partial charge in [-0.3, -0.25) is 14.6 Å². The molecule has 0 aliphatic rings. The van der Waals surface area contributed by atoms with Gasteiger partial charge in [-0.05, 0) is 48.5 Å². The number of carbonyl (C=O) groups excluding carboxylic acids is 2. The van der Waals surface area contributed by atoms with Crippen molar-refractivity contribution in [2.24, 2.45) is 0 Å². The molecule has 0 atom stereocenters. The van der Waals surface area contributed by atoms with Gasteiger partial charge in [0.05, 0.1) is 17.6 Å². The van der Waals surface area contributed by atoms with E-state index in [1.54, 1.807) is 38.4 Å². The van der Waals surface area contributed by atoms with Gasteiger partial charge < -0.3 is 10.2 Å². The molecule has 0 aliphatic carbocycles. The molecule has 2 amide bonds. The molecule has 0 aliphatic heterocycles. The molecule has 0 radical (unpaired) electrons. The molecule has 3 heterocycles. The second kappa shape index (κ2) is 9.37. The van der Waals surface area contributed by atoms with E-state index in [-0.39, 0.29) is 28.7 Å². The second-order valence-corrected chi connectivity index (χ2v) is 7.70. The summed E-state index contributed by atoms with van der Waals surface area (Å²) in [7, 11) is 3.20. The molecule has 4 aromatic rings. The monoisotopic (exact) mass is 480 g/mol. The van der Waals surface area contributed by atoms with Crippen molar-refractivity contribution in [3.05, 3.63) is 90.0 Å². The summed E-state index contributed by atoms with van der Waals surface area (Å²) in [5, 5.41) is 6.66. The Balaban J connectivity index is 1.58. The fourth-order valence-corrected chi connectivity index (χ4v) is 3.26. The molecule has 0 fully saturated rings. The lowest BCUT2D eigenvalue weighted by molar-refractivity contribution is -0.142. The van der Waals surface area contributed by atoms with Crippen LogP contribution >= 0.6 is 0 Å². The van der Waals surface area contributed by atoms with E-state index in [1.165, 1.54) is 47.8 Å². The summed E-state index contributed by atoms with van der Waals surface area (Å²) in [5.74, 6) is -0.656. The Bertz CT molecular complexity index is 1370. The first-order valence-electron chi connectivity index (χ1n) is 10.3. The summed E-state index contributed by atoms with van der Waals surface area (Å²) in [6.07, 6.45) is -0.546. The number of alkyl halides is 3. The fourth-order valence-electron chi connectivity index (χ4n) is 3.26. The molecule has 1 aromatic carbocycles. The van der Waals surface area contributed by atoms with Crippen LogP contribution in [-0.2, 0) is 6.18 Å². The Hall–Kier alpha value is -4.54. The predicted octanol–water partition coefficient (Wildman–Crippen LogP) is 4.30. The van der Waals surface area contributed by atoms with Gasteiger partial charge in [0, 0.05) is 43.2 Å². The van der Waals surface area contributed by atoms with Crippen LogP contribution in [0.15, 0.2) is 73.2 Å². The lowest BCUT2D eigenvalue weighted by Gasteiger charge is -2.12. The van der Waals surface area contributed by atoms with Crippen LogP contribution in [0.25, 0.3) is 16.9 Å². The summed E-state index contributed by atoms with van der Waals surface area (Å²) in [4.78, 5) is 34.1. The topological polar surface area (TPSA) is 93.0 Å². The van der Waals surface area contributed by atoms with Crippen molar-refractivity contribution in [1.29, 1.82) is 0 Å². The van der Waals surface area contributed by atoms with E-state index in [0.29, 0.717) is 11.1 Å². The molecule has 35 heavy (non-hydrogen) atoms. The molecule has 178 valence electrons. The first kappa shape index (κ1) is 23.6. The molecule has 3 aromatic heterocycles. The van der Waals surface area contributed by atoms with Crippen LogP contribution in [0.2, 0.25) is 0 Å². The highest BCUT2D eigenvalue weighted by Gasteiger charge is 2.36. The molecular weight excluding hydrogens is 461 g/mol. The number of aromatic nitrogens is 4. The number of nitrogens with zero attached hydrogens (tertiary/aromatic N) is 5. The van der Waals surface area contributed by atoms with E-state index in [0.717, 1.165) is 10.7 Å². The fraction of sp³-hybridized carbons (Fsp3) is 0.125. The van der Waals surface area contributed by atoms with Crippen molar-refractivity contribution in [2.75, 3.05) is 19.4 Å². The van der Waals surface area contributed by atoms with Crippen molar-refractivity contribution in [3.8, 4) is 16.9 Å². The minimum Gasteiger partial charge on any atom is -0.345 e. The van der Waals surface area contributed by atoms with Crippen LogP contribution in [0.5, 0.6) is 0 Å². The Morgan fingerprint density at radius 2 is 1.74 bits per heavy atom. The standard InChI is InChI=1S/C24H19F3N6O2/c1-32(2)23(35)16-6-3-5-15(11-16)22(34)30-21-9-8-18(14-29-21)33-20(24(25,26)27)12-19(31-33)17-7-4-10-28-13-17/h3-14H,1-2H3,(H,29,30,34). The Morgan fingerprint density at radius 3 is 2.37 bits per heavy atom. The maximum Gasteiger partial charge on any atom is 0.433 e. The van der Waals surface area contributed by atoms with E-state index in [2.05, 4.69) is 20.4 Å². The number of anilines is 1. The maximum atomic E-state index is 13.7. The van der Waals surface area contributed by atoms with Gasteiger partial charge in [-0.15, -0.1) is 0 Å². The number of rotatable bonds is 5. The van der Waals surface area contributed by atoms with Crippen molar-refractivity contribution in [3.63, 3.8) is 0 Å². The SMILES string of the molecule is CN(C)C(=O)c1cccc(C(=O)Nc2ccc(-n3nc(-c4cccnc4)cc3C(F)(F)F)cn2)c1. The summed E-state index contributed by atoms with van der Waals surface area (Å²) >= 11 is 0. The molecule has 0 unspecified atom stereocenters. The van der Waals surface area contributed by atoms with E-state index in [9.17, 15) is 22.8 Å². The molecule has 1 N–H and O–H groups in total. The molecule has 4 rings (SSSR count). The molecule has 0 saturated carbocycles. The Labute approximate surface area is 198 Å². The van der Waals surface area contributed by atoms with Gasteiger partial charge >= 0.3 is 6.18 Å². The number of hydrogen-bond donors (Lipinski definition) is 1. The minimum atomic E-state index is -4.66. The normalized spacial score (nSPS) is 11.2. The average Bonchev–Trinajstić information content (AvgIpc) is 3.31. The first-order chi connectivity index (χ1) is 16.6.